The summed E-state index contributed by atoms with van der Waals surface area (Å²) >= 11 is 0. The molecule has 0 aromatic rings. The summed E-state index contributed by atoms with van der Waals surface area (Å²) in [6, 6.07) is 1.37. The molecule has 0 radical (unpaired) electrons. The highest BCUT2D eigenvalue weighted by atomic mass is 28.3. The summed E-state index contributed by atoms with van der Waals surface area (Å²) in [7, 11) is -0.941. The molecule has 1 rings (SSSR count). The van der Waals surface area contributed by atoms with Crippen LogP contribution in [0.1, 0.15) is 52.9 Å². The van der Waals surface area contributed by atoms with E-state index in [0.29, 0.717) is 0 Å². The summed E-state index contributed by atoms with van der Waals surface area (Å²) in [5, 5.41) is 1.64. The van der Waals surface area contributed by atoms with E-state index in [0.717, 1.165) is 6.61 Å². The van der Waals surface area contributed by atoms with E-state index in [-0.39, 0.29) is 0 Å². The van der Waals surface area contributed by atoms with Crippen molar-refractivity contribution in [2.45, 2.75) is 58.9 Å². The Morgan fingerprint density at radius 2 is 2.07 bits per heavy atom. The predicted molar refractivity (Wildman–Crippen MR) is 65.0 cm³/mol. The second kappa shape index (κ2) is 6.41. The van der Waals surface area contributed by atoms with Gasteiger partial charge in [-0.05, 0) is 39.2 Å². The summed E-state index contributed by atoms with van der Waals surface area (Å²) in [6.07, 6.45) is 6.61. The second-order valence-electron chi connectivity index (χ2n) is 4.42. The van der Waals surface area contributed by atoms with E-state index in [1.54, 1.807) is 10.8 Å². The molecule has 1 atom stereocenters. The lowest BCUT2D eigenvalue weighted by Crippen LogP contribution is -2.25. The Bertz CT molecular complexity index is 192. The topological polar surface area (TPSA) is 9.23 Å². The lowest BCUT2D eigenvalue weighted by molar-refractivity contribution is 0.291. The highest BCUT2D eigenvalue weighted by molar-refractivity contribution is 6.60. The predicted octanol–water partition coefficient (Wildman–Crippen LogP) is 3.59. The van der Waals surface area contributed by atoms with Crippen LogP contribution < -0.4 is 0 Å². The molecule has 0 aromatic carbocycles. The van der Waals surface area contributed by atoms with Crippen molar-refractivity contribution in [2.75, 3.05) is 6.61 Å². The van der Waals surface area contributed by atoms with Gasteiger partial charge in [0.15, 0.2) is 0 Å². The smallest absolute Gasteiger partial charge is 0.203 e. The number of allylic oxidation sites excluding steroid dienone is 2. The second-order valence-corrected chi connectivity index (χ2v) is 7.18. The van der Waals surface area contributed by atoms with Gasteiger partial charge in [-0.3, -0.25) is 0 Å². The Hall–Kier alpha value is -0.0831. The minimum Gasteiger partial charge on any atom is -0.416 e. The summed E-state index contributed by atoms with van der Waals surface area (Å²) < 4.78 is 5.92. The molecule has 0 N–H and O–H groups in total. The third-order valence-corrected chi connectivity index (χ3v) is 6.27. The van der Waals surface area contributed by atoms with E-state index in [1.807, 2.05) is 0 Å². The first-order valence-electron chi connectivity index (χ1n) is 6.03. The number of hydrogen-bond donors (Lipinski definition) is 0. The van der Waals surface area contributed by atoms with Gasteiger partial charge in [0.2, 0.25) is 9.04 Å². The maximum absolute atomic E-state index is 5.92. The lowest BCUT2D eigenvalue weighted by Gasteiger charge is -2.23. The van der Waals surface area contributed by atoms with Crippen LogP contribution in [0.15, 0.2) is 10.8 Å². The molecule has 82 valence electrons. The number of unbranched alkanes of at least 4 members (excludes halogenated alkanes) is 1. The van der Waals surface area contributed by atoms with Crippen LogP contribution in [0.2, 0.25) is 6.04 Å². The molecule has 0 aromatic heterocycles. The van der Waals surface area contributed by atoms with Gasteiger partial charge in [0.25, 0.3) is 0 Å². The molecule has 0 spiro atoms. The quantitative estimate of drug-likeness (QED) is 0.647. The zero-order chi connectivity index (χ0) is 10.4. The first-order chi connectivity index (χ1) is 6.75. The third-order valence-electron chi connectivity index (χ3n) is 3.24. The maximum atomic E-state index is 5.92. The zero-order valence-electron chi connectivity index (χ0n) is 9.94. The van der Waals surface area contributed by atoms with E-state index in [4.69, 9.17) is 4.43 Å². The molecule has 2 heteroatoms. The van der Waals surface area contributed by atoms with Crippen LogP contribution in [0.3, 0.4) is 0 Å². The molecule has 0 amide bonds. The Labute approximate surface area is 90.3 Å². The van der Waals surface area contributed by atoms with Gasteiger partial charge < -0.3 is 4.43 Å². The van der Waals surface area contributed by atoms with Gasteiger partial charge in [-0.1, -0.05) is 30.5 Å². The highest BCUT2D eigenvalue weighted by Gasteiger charge is 2.19. The summed E-state index contributed by atoms with van der Waals surface area (Å²) in [5.74, 6) is 0. The van der Waals surface area contributed by atoms with E-state index in [2.05, 4.69) is 20.8 Å². The molecule has 1 aliphatic heterocycles. The van der Waals surface area contributed by atoms with E-state index in [1.165, 1.54) is 38.1 Å². The average molecular weight is 212 g/mol. The van der Waals surface area contributed by atoms with Crippen molar-refractivity contribution >= 4 is 9.04 Å². The average Bonchev–Trinajstić information content (AvgIpc) is 2.26. The molecule has 0 bridgehead atoms. The van der Waals surface area contributed by atoms with E-state index in [9.17, 15) is 0 Å². The van der Waals surface area contributed by atoms with Gasteiger partial charge in [-0.25, -0.2) is 0 Å². The number of hydrogen-bond acceptors (Lipinski definition) is 1. The van der Waals surface area contributed by atoms with Crippen molar-refractivity contribution < 1.29 is 4.43 Å². The molecule has 0 aliphatic carbocycles. The minimum atomic E-state index is -0.941. The molecule has 1 nitrogen and oxygen atoms in total. The van der Waals surface area contributed by atoms with Gasteiger partial charge in [0.1, 0.15) is 0 Å². The summed E-state index contributed by atoms with van der Waals surface area (Å²) in [5.41, 5.74) is 1.62. The van der Waals surface area contributed by atoms with Crippen molar-refractivity contribution in [1.82, 2.24) is 0 Å². The normalized spacial score (nSPS) is 24.6. The van der Waals surface area contributed by atoms with Crippen molar-refractivity contribution in [2.24, 2.45) is 0 Å². The zero-order valence-corrected chi connectivity index (χ0v) is 11.1. The van der Waals surface area contributed by atoms with Gasteiger partial charge in [-0.2, -0.15) is 0 Å². The largest absolute Gasteiger partial charge is 0.416 e. The maximum Gasteiger partial charge on any atom is 0.203 e. The van der Waals surface area contributed by atoms with Crippen molar-refractivity contribution in [3.63, 3.8) is 0 Å². The molecule has 1 aliphatic rings. The molecular weight excluding hydrogens is 188 g/mol. The monoisotopic (exact) mass is 212 g/mol. The molecular formula is C12H24OSi. The van der Waals surface area contributed by atoms with Crippen LogP contribution in [-0.2, 0) is 4.43 Å². The van der Waals surface area contributed by atoms with Crippen molar-refractivity contribution in [3.8, 4) is 0 Å². The molecule has 1 fully saturated rings. The van der Waals surface area contributed by atoms with Gasteiger partial charge in [0, 0.05) is 6.61 Å². The summed E-state index contributed by atoms with van der Waals surface area (Å²) in [6.45, 7) is 7.90. The Kier molecular flexibility index (Phi) is 5.49. The van der Waals surface area contributed by atoms with Crippen LogP contribution in [0.5, 0.6) is 0 Å². The number of rotatable bonds is 4. The standard InChI is InChI=1S/C12H24OSi/c1-4-5-8-11(2)12(3)14-10-7-6-9-13-14/h14H,4-10H2,1-3H3/b12-11+. The molecule has 1 saturated heterocycles. The van der Waals surface area contributed by atoms with Crippen LogP contribution in [0.4, 0.5) is 0 Å². The Morgan fingerprint density at radius 1 is 1.29 bits per heavy atom. The molecule has 14 heavy (non-hydrogen) atoms. The highest BCUT2D eigenvalue weighted by Crippen LogP contribution is 2.21. The van der Waals surface area contributed by atoms with Crippen LogP contribution in [-0.4, -0.2) is 15.6 Å². The fraction of sp³-hybridized carbons (Fsp3) is 0.833. The first-order valence-corrected chi connectivity index (χ1v) is 7.90. The van der Waals surface area contributed by atoms with E-state index >= 15 is 0 Å². The molecule has 1 unspecified atom stereocenters. The van der Waals surface area contributed by atoms with Crippen molar-refractivity contribution in [3.05, 3.63) is 10.8 Å². The summed E-state index contributed by atoms with van der Waals surface area (Å²) in [4.78, 5) is 0. The fourth-order valence-electron chi connectivity index (χ4n) is 2.00. The molecule has 0 saturated carbocycles. The van der Waals surface area contributed by atoms with Crippen LogP contribution in [0, 0.1) is 0 Å². The fourth-order valence-corrected chi connectivity index (χ4v) is 4.65. The van der Waals surface area contributed by atoms with E-state index < -0.39 is 9.04 Å². The minimum absolute atomic E-state index is 0.941. The molecule has 1 heterocycles. The first kappa shape index (κ1) is 12.0. The van der Waals surface area contributed by atoms with Crippen molar-refractivity contribution in [1.29, 1.82) is 0 Å². The lowest BCUT2D eigenvalue weighted by atomic mass is 10.1. The third kappa shape index (κ3) is 3.58. The van der Waals surface area contributed by atoms with Crippen LogP contribution in [0.25, 0.3) is 0 Å². The Morgan fingerprint density at radius 3 is 2.64 bits per heavy atom. The van der Waals surface area contributed by atoms with Gasteiger partial charge in [0.05, 0.1) is 0 Å². The SMILES string of the molecule is CCCC/C(C)=C(\C)[SiH]1CCCCO1. The van der Waals surface area contributed by atoms with Gasteiger partial charge in [-0.15, -0.1) is 0 Å². The van der Waals surface area contributed by atoms with Gasteiger partial charge >= 0.3 is 0 Å². The Balaban J connectivity index is 2.46. The van der Waals surface area contributed by atoms with Crippen LogP contribution >= 0.6 is 0 Å².